The fourth-order valence-electron chi connectivity index (χ4n) is 8.27. The van der Waals surface area contributed by atoms with Crippen molar-refractivity contribution in [3.05, 3.63) is 158 Å². The molecular formula is C73H116O6. The van der Waals surface area contributed by atoms with E-state index in [9.17, 15) is 14.4 Å². The van der Waals surface area contributed by atoms with Crippen LogP contribution in [-0.2, 0) is 28.6 Å². The number of carbonyl (C=O) groups excluding carboxylic acids is 3. The molecule has 1 unspecified atom stereocenters. The minimum atomic E-state index is -0.808. The van der Waals surface area contributed by atoms with E-state index in [4.69, 9.17) is 14.2 Å². The summed E-state index contributed by atoms with van der Waals surface area (Å²) in [5, 5.41) is 0. The standard InChI is InChI=1S/C73H116O6/c1-4-7-10-13-16-19-22-25-27-28-29-30-31-32-33-34-35-36-37-38-39-40-41-42-43-44-46-48-51-54-57-60-63-66-72(75)78-69-70(68-77-71(74)65-62-59-56-53-50-47-24-21-18-15-12-9-6-3)79-73(76)67-64-61-58-55-52-49-45-26-23-20-17-14-11-8-5-2/h7,9-10,12,16-21,25-27,29-30,32-33,35-36,38-39,41-42,45,47,50,70H,4-6,8,11,13-15,22-24,28,31,34,37,40,43-44,46,48-49,51-69H2,1-3H3/b10-7-,12-9-,19-16-,20-17-,21-18-,27-25-,30-29-,33-32-,36-35-,39-38-,42-41-,45-26-,50-47-. The summed E-state index contributed by atoms with van der Waals surface area (Å²) in [5.74, 6) is -0.959. The molecule has 0 aliphatic heterocycles. The molecule has 0 saturated heterocycles. The summed E-state index contributed by atoms with van der Waals surface area (Å²) in [7, 11) is 0. The van der Waals surface area contributed by atoms with Gasteiger partial charge in [0.15, 0.2) is 6.10 Å². The largest absolute Gasteiger partial charge is 0.462 e. The Hall–Kier alpha value is -4.97. The molecule has 0 bridgehead atoms. The van der Waals surface area contributed by atoms with Gasteiger partial charge in [-0.1, -0.05) is 256 Å². The Kier molecular flexibility index (Phi) is 61.4. The summed E-state index contributed by atoms with van der Waals surface area (Å²) < 4.78 is 16.8. The van der Waals surface area contributed by atoms with E-state index in [0.717, 1.165) is 167 Å². The molecule has 0 fully saturated rings. The highest BCUT2D eigenvalue weighted by Crippen LogP contribution is 2.14. The molecule has 0 aliphatic rings. The van der Waals surface area contributed by atoms with Gasteiger partial charge in [0.1, 0.15) is 13.2 Å². The van der Waals surface area contributed by atoms with Gasteiger partial charge in [0.2, 0.25) is 0 Å². The van der Waals surface area contributed by atoms with Crippen LogP contribution in [0.15, 0.2) is 158 Å². The van der Waals surface area contributed by atoms with E-state index in [1.165, 1.54) is 57.8 Å². The maximum Gasteiger partial charge on any atom is 0.306 e. The minimum Gasteiger partial charge on any atom is -0.462 e. The number of allylic oxidation sites excluding steroid dienone is 26. The third-order valence-corrected chi connectivity index (χ3v) is 13.0. The fourth-order valence-corrected chi connectivity index (χ4v) is 8.27. The SMILES string of the molecule is CC/C=C\C/C=C\C/C=C\C/C=C\C/C=C\C/C=C\C/C=C\C/C=C\CCCCCCCCCCC(=O)OCC(COC(=O)CCCCC/C=C\C/C=C\C/C=C\CC)OC(=O)CCCCCCC/C=C\C/C=C\CCCCC. The van der Waals surface area contributed by atoms with Crippen LogP contribution >= 0.6 is 0 Å². The Morgan fingerprint density at radius 2 is 0.494 bits per heavy atom. The molecule has 0 rings (SSSR count). The van der Waals surface area contributed by atoms with Crippen LogP contribution in [0.3, 0.4) is 0 Å². The molecule has 0 radical (unpaired) electrons. The van der Waals surface area contributed by atoms with Crippen molar-refractivity contribution in [3.8, 4) is 0 Å². The summed E-state index contributed by atoms with van der Waals surface area (Å²) in [5.41, 5.74) is 0. The Morgan fingerprint density at radius 3 is 0.785 bits per heavy atom. The third-order valence-electron chi connectivity index (χ3n) is 13.0. The number of ether oxygens (including phenoxy) is 3. The van der Waals surface area contributed by atoms with Gasteiger partial charge in [-0.05, 0) is 148 Å². The highest BCUT2D eigenvalue weighted by Gasteiger charge is 2.19. The second-order valence-electron chi connectivity index (χ2n) is 20.5. The lowest BCUT2D eigenvalue weighted by atomic mass is 10.1. The average Bonchev–Trinajstić information content (AvgIpc) is 3.45. The van der Waals surface area contributed by atoms with Gasteiger partial charge in [-0.25, -0.2) is 0 Å². The lowest BCUT2D eigenvalue weighted by molar-refractivity contribution is -0.167. The van der Waals surface area contributed by atoms with E-state index in [0.29, 0.717) is 19.3 Å². The molecule has 0 spiro atoms. The highest BCUT2D eigenvalue weighted by molar-refractivity contribution is 5.71. The Bertz CT molecular complexity index is 1780. The lowest BCUT2D eigenvalue weighted by Crippen LogP contribution is -2.30. The maximum absolute atomic E-state index is 12.9. The number of rotatable bonds is 56. The summed E-state index contributed by atoms with van der Waals surface area (Å²) in [6.07, 6.45) is 95.4. The molecule has 0 aromatic rings. The van der Waals surface area contributed by atoms with Crippen LogP contribution in [0.5, 0.6) is 0 Å². The molecule has 0 N–H and O–H groups in total. The van der Waals surface area contributed by atoms with E-state index in [1.807, 2.05) is 0 Å². The van der Waals surface area contributed by atoms with Gasteiger partial charge in [0.05, 0.1) is 0 Å². The van der Waals surface area contributed by atoms with Crippen molar-refractivity contribution in [2.75, 3.05) is 13.2 Å². The van der Waals surface area contributed by atoms with Crippen molar-refractivity contribution in [1.29, 1.82) is 0 Å². The fraction of sp³-hybridized carbons (Fsp3) is 0.603. The molecule has 0 aromatic carbocycles. The average molecular weight is 1090 g/mol. The molecule has 0 heterocycles. The maximum atomic E-state index is 12.9. The van der Waals surface area contributed by atoms with Crippen molar-refractivity contribution in [1.82, 2.24) is 0 Å². The van der Waals surface area contributed by atoms with E-state index in [1.54, 1.807) is 0 Å². The molecule has 0 saturated carbocycles. The first-order valence-electron chi connectivity index (χ1n) is 32.0. The zero-order valence-electron chi connectivity index (χ0n) is 50.8. The number of unbranched alkanes of at least 4 members (excludes halogenated alkanes) is 19. The van der Waals surface area contributed by atoms with E-state index in [2.05, 4.69) is 179 Å². The Balaban J connectivity index is 4.31. The van der Waals surface area contributed by atoms with Crippen LogP contribution in [0.1, 0.15) is 265 Å². The molecule has 6 nitrogen and oxygen atoms in total. The van der Waals surface area contributed by atoms with Gasteiger partial charge in [0.25, 0.3) is 0 Å². The Morgan fingerprint density at radius 1 is 0.266 bits per heavy atom. The molecule has 6 heteroatoms. The summed E-state index contributed by atoms with van der Waals surface area (Å²) in [6, 6.07) is 0. The van der Waals surface area contributed by atoms with Gasteiger partial charge in [-0.2, -0.15) is 0 Å². The first kappa shape index (κ1) is 74.0. The smallest absolute Gasteiger partial charge is 0.306 e. The topological polar surface area (TPSA) is 78.9 Å². The number of esters is 3. The third kappa shape index (κ3) is 63.7. The van der Waals surface area contributed by atoms with Gasteiger partial charge in [0, 0.05) is 19.3 Å². The van der Waals surface area contributed by atoms with Crippen LogP contribution in [0, 0.1) is 0 Å². The van der Waals surface area contributed by atoms with Crippen LogP contribution < -0.4 is 0 Å². The van der Waals surface area contributed by atoms with Gasteiger partial charge in [-0.3, -0.25) is 14.4 Å². The predicted molar refractivity (Wildman–Crippen MR) is 343 cm³/mol. The minimum absolute atomic E-state index is 0.103. The van der Waals surface area contributed by atoms with Crippen molar-refractivity contribution in [2.24, 2.45) is 0 Å². The number of carbonyl (C=O) groups is 3. The monoisotopic (exact) mass is 1090 g/mol. The zero-order valence-corrected chi connectivity index (χ0v) is 50.8. The van der Waals surface area contributed by atoms with Gasteiger partial charge >= 0.3 is 17.9 Å². The van der Waals surface area contributed by atoms with Crippen molar-refractivity contribution < 1.29 is 28.6 Å². The van der Waals surface area contributed by atoms with Gasteiger partial charge < -0.3 is 14.2 Å². The van der Waals surface area contributed by atoms with E-state index >= 15 is 0 Å². The first-order chi connectivity index (χ1) is 39.0. The second kappa shape index (κ2) is 65.5. The quantitative estimate of drug-likeness (QED) is 0.0261. The van der Waals surface area contributed by atoms with Crippen LogP contribution in [0.4, 0.5) is 0 Å². The van der Waals surface area contributed by atoms with Crippen molar-refractivity contribution in [2.45, 2.75) is 271 Å². The van der Waals surface area contributed by atoms with Crippen LogP contribution in [-0.4, -0.2) is 37.2 Å². The molecule has 444 valence electrons. The van der Waals surface area contributed by atoms with Crippen molar-refractivity contribution in [3.63, 3.8) is 0 Å². The molecule has 0 aromatic heterocycles. The summed E-state index contributed by atoms with van der Waals surface area (Å²) >= 11 is 0. The van der Waals surface area contributed by atoms with Crippen molar-refractivity contribution >= 4 is 17.9 Å². The molecular weight excluding hydrogens is 973 g/mol. The van der Waals surface area contributed by atoms with E-state index < -0.39 is 6.10 Å². The van der Waals surface area contributed by atoms with E-state index in [-0.39, 0.29) is 31.1 Å². The summed E-state index contributed by atoms with van der Waals surface area (Å²) in [6.45, 7) is 6.33. The number of hydrogen-bond acceptors (Lipinski definition) is 6. The number of hydrogen-bond donors (Lipinski definition) is 0. The predicted octanol–water partition coefficient (Wildman–Crippen LogP) is 22.1. The molecule has 0 amide bonds. The second-order valence-corrected chi connectivity index (χ2v) is 20.5. The molecule has 0 aliphatic carbocycles. The van der Waals surface area contributed by atoms with Crippen LogP contribution in [0.25, 0.3) is 0 Å². The Labute approximate surface area is 486 Å². The van der Waals surface area contributed by atoms with Crippen LogP contribution in [0.2, 0.25) is 0 Å². The summed E-state index contributed by atoms with van der Waals surface area (Å²) in [4.78, 5) is 38.2. The normalized spacial score (nSPS) is 13.2. The first-order valence-corrected chi connectivity index (χ1v) is 32.0. The zero-order chi connectivity index (χ0) is 57.1. The molecule has 1 atom stereocenters. The molecule has 79 heavy (non-hydrogen) atoms. The lowest BCUT2D eigenvalue weighted by Gasteiger charge is -2.18. The highest BCUT2D eigenvalue weighted by atomic mass is 16.6. The van der Waals surface area contributed by atoms with Gasteiger partial charge in [-0.15, -0.1) is 0 Å².